The Morgan fingerprint density at radius 3 is 2.64 bits per heavy atom. The fourth-order valence-electron chi connectivity index (χ4n) is 3.38. The molecule has 0 spiro atoms. The number of anilines is 1. The van der Waals surface area contributed by atoms with E-state index in [1.165, 1.54) is 11.3 Å². The van der Waals surface area contributed by atoms with Gasteiger partial charge >= 0.3 is 0 Å². The van der Waals surface area contributed by atoms with E-state index in [1.54, 1.807) is 49.6 Å². The zero-order chi connectivity index (χ0) is 23.2. The molecule has 0 unspecified atom stereocenters. The van der Waals surface area contributed by atoms with Crippen LogP contribution >= 0.6 is 11.3 Å². The molecule has 0 saturated carbocycles. The van der Waals surface area contributed by atoms with Crippen LogP contribution < -0.4 is 19.1 Å². The molecule has 2 aromatic carbocycles. The van der Waals surface area contributed by atoms with Gasteiger partial charge in [0.05, 0.1) is 33.6 Å². The lowest BCUT2D eigenvalue weighted by Crippen LogP contribution is -2.30. The molecule has 2 aromatic heterocycles. The highest BCUT2D eigenvalue weighted by molar-refractivity contribution is 7.22. The first-order chi connectivity index (χ1) is 16.1. The second-order valence-corrected chi connectivity index (χ2v) is 8.32. The summed E-state index contributed by atoms with van der Waals surface area (Å²) in [6.07, 6.45) is 3.59. The van der Waals surface area contributed by atoms with Gasteiger partial charge in [0.25, 0.3) is 5.91 Å². The number of fused-ring (bicyclic) bond motifs is 1. The number of hydrogen-bond acceptors (Lipinski definition) is 7. The van der Waals surface area contributed by atoms with Crippen LogP contribution in [-0.2, 0) is 6.54 Å². The van der Waals surface area contributed by atoms with Crippen LogP contribution in [0.25, 0.3) is 10.2 Å². The van der Waals surface area contributed by atoms with Crippen molar-refractivity contribution < 1.29 is 23.4 Å². The summed E-state index contributed by atoms with van der Waals surface area (Å²) >= 11 is 1.37. The maximum atomic E-state index is 13.7. The Morgan fingerprint density at radius 1 is 1.09 bits per heavy atom. The fraction of sp³-hybridized carbons (Fsp3) is 0.280. The lowest BCUT2D eigenvalue weighted by molar-refractivity contribution is 0.0982. The van der Waals surface area contributed by atoms with Crippen molar-refractivity contribution in [2.75, 3.05) is 25.7 Å². The summed E-state index contributed by atoms with van der Waals surface area (Å²) < 4.78 is 23.1. The first kappa shape index (κ1) is 22.7. The van der Waals surface area contributed by atoms with E-state index in [2.05, 4.69) is 6.92 Å². The summed E-state index contributed by atoms with van der Waals surface area (Å²) in [7, 11) is 3.20. The van der Waals surface area contributed by atoms with Crippen molar-refractivity contribution in [2.24, 2.45) is 0 Å². The van der Waals surface area contributed by atoms with Gasteiger partial charge in [-0.3, -0.25) is 9.69 Å². The van der Waals surface area contributed by atoms with Crippen LogP contribution in [0.4, 0.5) is 5.13 Å². The molecular formula is C25H26N2O5S. The van der Waals surface area contributed by atoms with Crippen LogP contribution in [0.2, 0.25) is 0 Å². The van der Waals surface area contributed by atoms with Gasteiger partial charge < -0.3 is 18.6 Å². The number of carbonyl (C=O) groups is 1. The molecule has 2 heterocycles. The van der Waals surface area contributed by atoms with E-state index < -0.39 is 0 Å². The maximum Gasteiger partial charge on any atom is 0.260 e. The predicted molar refractivity (Wildman–Crippen MR) is 129 cm³/mol. The Morgan fingerprint density at radius 2 is 1.91 bits per heavy atom. The molecule has 0 fully saturated rings. The van der Waals surface area contributed by atoms with Crippen LogP contribution in [0.15, 0.2) is 59.2 Å². The third-order valence-corrected chi connectivity index (χ3v) is 6.21. The molecular weight excluding hydrogens is 440 g/mol. The van der Waals surface area contributed by atoms with Crippen molar-refractivity contribution >= 4 is 32.6 Å². The molecule has 1 amide bonds. The average Bonchev–Trinajstić information content (AvgIpc) is 3.52. The van der Waals surface area contributed by atoms with Crippen molar-refractivity contribution in [3.63, 3.8) is 0 Å². The summed E-state index contributed by atoms with van der Waals surface area (Å²) in [5.74, 6) is 2.40. The van der Waals surface area contributed by atoms with Crippen molar-refractivity contribution in [2.45, 2.75) is 26.3 Å². The highest BCUT2D eigenvalue weighted by Crippen LogP contribution is 2.40. The number of unbranched alkanes of at least 4 members (excludes halogenated alkanes) is 1. The number of nitrogens with zero attached hydrogens (tertiary/aromatic N) is 2. The second-order valence-electron chi connectivity index (χ2n) is 7.34. The molecule has 0 aliphatic rings. The quantitative estimate of drug-likeness (QED) is 0.270. The SMILES string of the molecule is CCCCOc1cccc(C(=O)N(Cc2ccco2)c2nc3c(OC)ccc(OC)c3s2)c1. The second kappa shape index (κ2) is 10.4. The molecule has 8 heteroatoms. The van der Waals surface area contributed by atoms with Crippen LogP contribution in [0.3, 0.4) is 0 Å². The molecule has 0 radical (unpaired) electrons. The molecule has 0 bridgehead atoms. The molecule has 0 N–H and O–H groups in total. The molecule has 0 saturated heterocycles. The van der Waals surface area contributed by atoms with Crippen LogP contribution in [0.5, 0.6) is 17.2 Å². The van der Waals surface area contributed by atoms with E-state index in [0.717, 1.165) is 17.5 Å². The highest BCUT2D eigenvalue weighted by Gasteiger charge is 2.25. The largest absolute Gasteiger partial charge is 0.495 e. The fourth-order valence-corrected chi connectivity index (χ4v) is 4.46. The summed E-state index contributed by atoms with van der Waals surface area (Å²) in [6, 6.07) is 14.5. The number of hydrogen-bond donors (Lipinski definition) is 0. The van der Waals surface area contributed by atoms with Crippen molar-refractivity contribution in [1.29, 1.82) is 0 Å². The van der Waals surface area contributed by atoms with Crippen LogP contribution in [0.1, 0.15) is 35.9 Å². The van der Waals surface area contributed by atoms with Gasteiger partial charge in [-0.2, -0.15) is 0 Å². The minimum Gasteiger partial charge on any atom is -0.495 e. The summed E-state index contributed by atoms with van der Waals surface area (Å²) in [6.45, 7) is 2.96. The molecule has 0 atom stereocenters. The van der Waals surface area contributed by atoms with Gasteiger partial charge in [-0.1, -0.05) is 30.7 Å². The topological polar surface area (TPSA) is 74.0 Å². The third-order valence-electron chi connectivity index (χ3n) is 5.12. The van der Waals surface area contributed by atoms with E-state index in [9.17, 15) is 4.79 Å². The Hall–Kier alpha value is -3.52. The number of benzene rings is 2. The summed E-state index contributed by atoms with van der Waals surface area (Å²) in [5, 5.41) is 0.520. The van der Waals surface area contributed by atoms with Gasteiger partial charge in [-0.15, -0.1) is 0 Å². The molecule has 4 rings (SSSR count). The molecule has 7 nitrogen and oxygen atoms in total. The molecule has 4 aromatic rings. The lowest BCUT2D eigenvalue weighted by Gasteiger charge is -2.19. The van der Waals surface area contributed by atoms with E-state index in [1.807, 2.05) is 24.3 Å². The van der Waals surface area contributed by atoms with E-state index >= 15 is 0 Å². The Kier molecular flexibility index (Phi) is 7.14. The smallest absolute Gasteiger partial charge is 0.260 e. The number of methoxy groups -OCH3 is 2. The van der Waals surface area contributed by atoms with Crippen molar-refractivity contribution in [3.05, 3.63) is 66.1 Å². The van der Waals surface area contributed by atoms with Crippen molar-refractivity contribution in [1.82, 2.24) is 4.98 Å². The molecule has 0 aliphatic heterocycles. The zero-order valence-corrected chi connectivity index (χ0v) is 19.7. The highest BCUT2D eigenvalue weighted by atomic mass is 32.1. The normalized spacial score (nSPS) is 10.9. The van der Waals surface area contributed by atoms with E-state index in [4.69, 9.17) is 23.6 Å². The minimum absolute atomic E-state index is 0.204. The zero-order valence-electron chi connectivity index (χ0n) is 18.9. The lowest BCUT2D eigenvalue weighted by atomic mass is 10.2. The number of ether oxygens (including phenoxy) is 3. The standard InChI is InChI=1S/C25H26N2O5S/c1-4-5-13-31-18-9-6-8-17(15-18)24(28)27(16-19-10-7-14-32-19)25-26-22-20(29-2)11-12-21(30-3)23(22)33-25/h6-12,14-15H,4-5,13,16H2,1-3H3. The summed E-state index contributed by atoms with van der Waals surface area (Å²) in [4.78, 5) is 20.0. The predicted octanol–water partition coefficient (Wildman–Crippen LogP) is 5.93. The minimum atomic E-state index is -0.204. The molecule has 172 valence electrons. The average molecular weight is 467 g/mol. The van der Waals surface area contributed by atoms with Gasteiger partial charge in [0.15, 0.2) is 5.13 Å². The number of furan rings is 1. The van der Waals surface area contributed by atoms with Gasteiger partial charge in [0.1, 0.15) is 33.2 Å². The third kappa shape index (κ3) is 4.96. The first-order valence-corrected chi connectivity index (χ1v) is 11.5. The monoisotopic (exact) mass is 466 g/mol. The number of thiazole rings is 1. The first-order valence-electron chi connectivity index (χ1n) is 10.7. The number of amides is 1. The number of carbonyl (C=O) groups excluding carboxylic acids is 1. The number of rotatable bonds is 10. The maximum absolute atomic E-state index is 13.7. The van der Waals surface area contributed by atoms with Crippen molar-refractivity contribution in [3.8, 4) is 17.2 Å². The van der Waals surface area contributed by atoms with Gasteiger partial charge in [-0.05, 0) is 48.9 Å². The molecule has 0 aliphatic carbocycles. The van der Waals surface area contributed by atoms with Crippen LogP contribution in [0, 0.1) is 0 Å². The molecule has 33 heavy (non-hydrogen) atoms. The Labute approximate surface area is 196 Å². The van der Waals surface area contributed by atoms with Crippen LogP contribution in [-0.4, -0.2) is 31.7 Å². The van der Waals surface area contributed by atoms with Gasteiger partial charge in [0.2, 0.25) is 0 Å². The Bertz CT molecular complexity index is 1180. The summed E-state index contributed by atoms with van der Waals surface area (Å²) in [5.41, 5.74) is 1.15. The van der Waals surface area contributed by atoms with E-state index in [-0.39, 0.29) is 12.5 Å². The van der Waals surface area contributed by atoms with Gasteiger partial charge in [0, 0.05) is 5.56 Å². The van der Waals surface area contributed by atoms with Gasteiger partial charge in [-0.25, -0.2) is 4.98 Å². The number of aromatic nitrogens is 1. The van der Waals surface area contributed by atoms with E-state index in [0.29, 0.717) is 45.8 Å². The Balaban J connectivity index is 1.73.